The molecular formula is C20H16ClN5O2S. The van der Waals surface area contributed by atoms with E-state index in [0.29, 0.717) is 27.6 Å². The maximum Gasteiger partial charge on any atom is 0.283 e. The average molecular weight is 426 g/mol. The largest absolute Gasteiger partial charge is 0.353 e. The minimum atomic E-state index is -0.274. The number of aryl methyl sites for hydroxylation is 1. The Balaban J connectivity index is 1.66. The van der Waals surface area contributed by atoms with Crippen molar-refractivity contribution >= 4 is 46.0 Å². The molecule has 0 aliphatic carbocycles. The molecule has 0 aliphatic rings. The highest BCUT2D eigenvalue weighted by molar-refractivity contribution is 7.99. The number of benzene rings is 1. The van der Waals surface area contributed by atoms with Gasteiger partial charge in [0.15, 0.2) is 10.3 Å². The van der Waals surface area contributed by atoms with Gasteiger partial charge >= 0.3 is 0 Å². The third-order valence-electron chi connectivity index (χ3n) is 4.14. The minimum absolute atomic E-state index is 0.0550. The first-order chi connectivity index (χ1) is 14.0. The third kappa shape index (κ3) is 4.03. The summed E-state index contributed by atoms with van der Waals surface area (Å²) in [4.78, 5) is 37.1. The number of anilines is 1. The number of aromatic nitrogens is 4. The van der Waals surface area contributed by atoms with E-state index in [1.165, 1.54) is 16.3 Å². The second kappa shape index (κ2) is 8.10. The minimum Gasteiger partial charge on any atom is -0.353 e. The number of fused-ring (bicyclic) bond motifs is 1. The van der Waals surface area contributed by atoms with Crippen molar-refractivity contribution in [2.75, 3.05) is 11.1 Å². The van der Waals surface area contributed by atoms with Crippen LogP contribution in [0.1, 0.15) is 5.69 Å². The number of thioether (sulfide) groups is 1. The number of para-hydroxylation sites is 1. The first-order valence-corrected chi connectivity index (χ1v) is 10.1. The highest BCUT2D eigenvalue weighted by Crippen LogP contribution is 2.23. The summed E-state index contributed by atoms with van der Waals surface area (Å²) in [7, 11) is 0. The van der Waals surface area contributed by atoms with Crippen molar-refractivity contribution in [2.24, 2.45) is 0 Å². The standard InChI is InChI=1S/C20H16ClN5O2S/c1-12-10-15-17(23-12)19(28)26(13-6-3-2-4-7-13)20(25-15)29-11-16(27)24-14-8-5-9-22-18(14)21/h2-10,23H,11H2,1H3,(H,24,27). The van der Waals surface area contributed by atoms with Gasteiger partial charge < -0.3 is 10.3 Å². The van der Waals surface area contributed by atoms with Crippen LogP contribution in [0.5, 0.6) is 0 Å². The number of hydrogen-bond acceptors (Lipinski definition) is 5. The molecule has 3 aromatic heterocycles. The number of halogens is 1. The maximum absolute atomic E-state index is 13.1. The number of rotatable bonds is 5. The van der Waals surface area contributed by atoms with Gasteiger partial charge in [0, 0.05) is 11.9 Å². The van der Waals surface area contributed by atoms with E-state index in [-0.39, 0.29) is 22.4 Å². The van der Waals surface area contributed by atoms with Crippen LogP contribution in [0, 0.1) is 6.92 Å². The topological polar surface area (TPSA) is 92.7 Å². The molecule has 0 aliphatic heterocycles. The van der Waals surface area contributed by atoms with Gasteiger partial charge in [-0.1, -0.05) is 41.6 Å². The lowest BCUT2D eigenvalue weighted by Crippen LogP contribution is -2.23. The van der Waals surface area contributed by atoms with E-state index >= 15 is 0 Å². The molecule has 29 heavy (non-hydrogen) atoms. The Labute approximate surface area is 175 Å². The Bertz CT molecular complexity index is 1250. The molecule has 9 heteroatoms. The smallest absolute Gasteiger partial charge is 0.283 e. The molecule has 4 rings (SSSR count). The molecule has 0 radical (unpaired) electrons. The Kier molecular flexibility index (Phi) is 5.37. The fourth-order valence-electron chi connectivity index (χ4n) is 2.87. The predicted molar refractivity (Wildman–Crippen MR) is 115 cm³/mol. The molecule has 1 aromatic carbocycles. The van der Waals surface area contributed by atoms with Crippen LogP contribution in [-0.2, 0) is 4.79 Å². The predicted octanol–water partition coefficient (Wildman–Crippen LogP) is 3.80. The zero-order valence-corrected chi connectivity index (χ0v) is 16.9. The number of nitrogens with one attached hydrogen (secondary N) is 2. The first-order valence-electron chi connectivity index (χ1n) is 8.74. The van der Waals surface area contributed by atoms with Crippen molar-refractivity contribution in [3.05, 3.63) is 75.9 Å². The van der Waals surface area contributed by atoms with E-state index in [0.717, 1.165) is 5.69 Å². The molecule has 0 saturated heterocycles. The zero-order chi connectivity index (χ0) is 20.4. The van der Waals surface area contributed by atoms with Crippen LogP contribution in [0.4, 0.5) is 5.69 Å². The van der Waals surface area contributed by atoms with Crippen LogP contribution in [0.3, 0.4) is 0 Å². The quantitative estimate of drug-likeness (QED) is 0.288. The number of carbonyl (C=O) groups is 1. The van der Waals surface area contributed by atoms with Crippen molar-refractivity contribution in [2.45, 2.75) is 12.1 Å². The lowest BCUT2D eigenvalue weighted by atomic mass is 10.3. The number of aromatic amines is 1. The van der Waals surface area contributed by atoms with Crippen LogP contribution in [0.2, 0.25) is 5.15 Å². The van der Waals surface area contributed by atoms with E-state index in [2.05, 4.69) is 20.3 Å². The molecule has 0 atom stereocenters. The molecule has 0 unspecified atom stereocenters. The monoisotopic (exact) mass is 425 g/mol. The zero-order valence-electron chi connectivity index (χ0n) is 15.3. The maximum atomic E-state index is 13.1. The summed E-state index contributed by atoms with van der Waals surface area (Å²) in [6.45, 7) is 1.87. The van der Waals surface area contributed by atoms with E-state index in [4.69, 9.17) is 11.6 Å². The van der Waals surface area contributed by atoms with Crippen molar-refractivity contribution < 1.29 is 4.79 Å². The van der Waals surface area contributed by atoms with E-state index in [9.17, 15) is 9.59 Å². The number of pyridine rings is 1. The van der Waals surface area contributed by atoms with Crippen molar-refractivity contribution in [3.63, 3.8) is 0 Å². The average Bonchev–Trinajstić information content (AvgIpc) is 3.09. The molecule has 0 fully saturated rings. The molecule has 2 N–H and O–H groups in total. The number of amides is 1. The summed E-state index contributed by atoms with van der Waals surface area (Å²) in [5.74, 6) is -0.219. The first kappa shape index (κ1) is 19.2. The molecule has 1 amide bonds. The van der Waals surface area contributed by atoms with Gasteiger partial charge in [0.1, 0.15) is 5.52 Å². The van der Waals surface area contributed by atoms with Crippen LogP contribution in [0.15, 0.2) is 64.7 Å². The van der Waals surface area contributed by atoms with Crippen molar-refractivity contribution in [1.29, 1.82) is 0 Å². The van der Waals surface area contributed by atoms with Gasteiger partial charge in [-0.05, 0) is 37.3 Å². The van der Waals surface area contributed by atoms with Crippen LogP contribution < -0.4 is 10.9 Å². The number of H-pyrrole nitrogens is 1. The molecule has 7 nitrogen and oxygen atoms in total. The van der Waals surface area contributed by atoms with E-state index < -0.39 is 0 Å². The van der Waals surface area contributed by atoms with Crippen molar-refractivity contribution in [3.8, 4) is 5.69 Å². The molecule has 4 aromatic rings. The van der Waals surface area contributed by atoms with Gasteiger partial charge in [-0.3, -0.25) is 14.2 Å². The fraction of sp³-hybridized carbons (Fsp3) is 0.100. The summed E-state index contributed by atoms with van der Waals surface area (Å²) < 4.78 is 1.51. The van der Waals surface area contributed by atoms with Crippen LogP contribution in [-0.4, -0.2) is 31.2 Å². The second-order valence-corrected chi connectivity index (χ2v) is 7.56. The number of carbonyl (C=O) groups excluding carboxylic acids is 1. The Morgan fingerprint density at radius 2 is 2.03 bits per heavy atom. The normalized spacial score (nSPS) is 11.0. The van der Waals surface area contributed by atoms with Gasteiger partial charge in [-0.25, -0.2) is 9.97 Å². The third-order valence-corrected chi connectivity index (χ3v) is 5.38. The molecule has 0 saturated carbocycles. The van der Waals surface area contributed by atoms with Gasteiger partial charge in [-0.15, -0.1) is 0 Å². The summed E-state index contributed by atoms with van der Waals surface area (Å²) in [5, 5.41) is 3.37. The van der Waals surface area contributed by atoms with Crippen LogP contribution in [0.25, 0.3) is 16.7 Å². The fourth-order valence-corrected chi connectivity index (χ4v) is 3.85. The van der Waals surface area contributed by atoms with Gasteiger partial charge in [0.25, 0.3) is 5.56 Å². The molecule has 0 bridgehead atoms. The van der Waals surface area contributed by atoms with Gasteiger partial charge in [0.05, 0.1) is 22.6 Å². The summed E-state index contributed by atoms with van der Waals surface area (Å²) >= 11 is 7.16. The molecule has 146 valence electrons. The molecule has 3 heterocycles. The van der Waals surface area contributed by atoms with Gasteiger partial charge in [0.2, 0.25) is 5.91 Å². The summed E-state index contributed by atoms with van der Waals surface area (Å²) in [6, 6.07) is 14.4. The Morgan fingerprint density at radius 1 is 1.24 bits per heavy atom. The number of nitrogens with zero attached hydrogens (tertiary/aromatic N) is 3. The summed E-state index contributed by atoms with van der Waals surface area (Å²) in [6.07, 6.45) is 1.54. The molecular weight excluding hydrogens is 410 g/mol. The Hall–Kier alpha value is -3.10. The van der Waals surface area contributed by atoms with Crippen LogP contribution >= 0.6 is 23.4 Å². The van der Waals surface area contributed by atoms with Gasteiger partial charge in [-0.2, -0.15) is 0 Å². The lowest BCUT2D eigenvalue weighted by molar-refractivity contribution is -0.113. The van der Waals surface area contributed by atoms with E-state index in [1.54, 1.807) is 18.3 Å². The highest BCUT2D eigenvalue weighted by atomic mass is 35.5. The van der Waals surface area contributed by atoms with E-state index in [1.807, 2.05) is 43.3 Å². The summed E-state index contributed by atoms with van der Waals surface area (Å²) in [5.41, 5.74) is 2.74. The van der Waals surface area contributed by atoms with Crippen molar-refractivity contribution in [1.82, 2.24) is 19.5 Å². The second-order valence-electron chi connectivity index (χ2n) is 6.26. The SMILES string of the molecule is Cc1cc2nc(SCC(=O)Nc3cccnc3Cl)n(-c3ccccc3)c(=O)c2[nH]1. The Morgan fingerprint density at radius 3 is 2.79 bits per heavy atom. The lowest BCUT2D eigenvalue weighted by Gasteiger charge is -2.12. The highest BCUT2D eigenvalue weighted by Gasteiger charge is 2.16. The molecule has 0 spiro atoms. The number of hydrogen-bond donors (Lipinski definition) is 2.